The van der Waals surface area contributed by atoms with Gasteiger partial charge in [0.2, 0.25) is 34.8 Å². The van der Waals surface area contributed by atoms with Crippen LogP contribution >= 0.6 is 11.3 Å². The molecule has 5 saturated heterocycles. The molecule has 606 valence electrons. The van der Waals surface area contributed by atoms with Gasteiger partial charge in [-0.2, -0.15) is 0 Å². The Morgan fingerprint density at radius 2 is 0.708 bits per heavy atom. The third kappa shape index (κ3) is 13.6. The molecule has 21 rings (SSSR count). The number of aliphatic imine (C=N–C) groups is 5. The van der Waals surface area contributed by atoms with Crippen LogP contribution in [0, 0.1) is 53.2 Å². The van der Waals surface area contributed by atoms with E-state index in [2.05, 4.69) is 34.9 Å². The molecule has 0 spiro atoms. The van der Waals surface area contributed by atoms with Crippen molar-refractivity contribution in [2.75, 3.05) is 71.4 Å². The Balaban J connectivity index is 0.000000107. The van der Waals surface area contributed by atoms with Crippen LogP contribution in [0.1, 0.15) is 117 Å². The zero-order valence-corrected chi connectivity index (χ0v) is 67.6. The van der Waals surface area contributed by atoms with Gasteiger partial charge in [0.05, 0.1) is 58.4 Å². The van der Waals surface area contributed by atoms with E-state index in [9.17, 15) is 58.3 Å². The highest BCUT2D eigenvalue weighted by atomic mass is 32.1. The molecule has 0 bridgehead atoms. The molecule has 0 unspecified atom stereocenters. The molecule has 0 amide bonds. The number of thiazole rings is 1. The fraction of sp³-hybridized carbons (Fsp3) is 0.247. The largest absolute Gasteiger partial charge is 0.497 e. The minimum absolute atomic E-state index is 0.147. The van der Waals surface area contributed by atoms with Crippen LogP contribution in [-0.2, 0) is 0 Å². The van der Waals surface area contributed by atoms with Crippen molar-refractivity contribution < 1.29 is 67.8 Å². The zero-order chi connectivity index (χ0) is 84.2. The molecule has 9 aromatic carbocycles. The summed E-state index contributed by atoms with van der Waals surface area (Å²) in [5, 5.41) is 54.9. The maximum absolute atomic E-state index is 13.8. The number of ether oxygens (including phenoxy) is 2. The third-order valence-electron chi connectivity index (χ3n) is 23.5. The summed E-state index contributed by atoms with van der Waals surface area (Å²) in [5.41, 5.74) is 8.35. The number of carbonyl (C=O) groups is 5. The van der Waals surface area contributed by atoms with Gasteiger partial charge in [0.15, 0.2) is 28.0 Å². The number of rotatable bonds is 7. The van der Waals surface area contributed by atoms with E-state index in [1.54, 1.807) is 82.0 Å². The van der Waals surface area contributed by atoms with E-state index in [0.717, 1.165) is 66.7 Å². The lowest BCUT2D eigenvalue weighted by Gasteiger charge is -2.30. The van der Waals surface area contributed by atoms with E-state index >= 15 is 0 Å². The van der Waals surface area contributed by atoms with Crippen molar-refractivity contribution in [2.24, 2.45) is 25.0 Å². The number of ketones is 5. The van der Waals surface area contributed by atoms with Gasteiger partial charge in [-0.3, -0.25) is 24.0 Å². The highest BCUT2D eigenvalue weighted by Crippen LogP contribution is 2.47. The molecule has 2 aromatic heterocycles. The number of pyridine rings is 1. The van der Waals surface area contributed by atoms with E-state index in [-0.39, 0.29) is 41.3 Å². The molecule has 0 aliphatic carbocycles. The van der Waals surface area contributed by atoms with Crippen molar-refractivity contribution in [1.82, 2.24) is 9.97 Å². The summed E-state index contributed by atoms with van der Waals surface area (Å²) in [6, 6.07) is 56.6. The van der Waals surface area contributed by atoms with E-state index < -0.39 is 51.2 Å². The number of anilines is 5. The highest BCUT2D eigenvalue weighted by Gasteiger charge is 2.57. The van der Waals surface area contributed by atoms with Gasteiger partial charge in [-0.25, -0.2) is 43.7 Å². The Hall–Kier alpha value is -13.0. The minimum atomic E-state index is -1.68. The fourth-order valence-corrected chi connectivity index (χ4v) is 17.5. The average molecular weight is 1630 g/mol. The average Bonchev–Trinajstić information content (AvgIpc) is 1.57. The molecular weight excluding hydrogens is 1550 g/mol. The summed E-state index contributed by atoms with van der Waals surface area (Å²) >= 11 is 1.59. The summed E-state index contributed by atoms with van der Waals surface area (Å²) in [5.74, 6) is 0.365. The van der Waals surface area contributed by atoms with Crippen molar-refractivity contribution in [1.29, 1.82) is 0 Å². The predicted octanol–water partition coefficient (Wildman–Crippen LogP) is 14.9. The van der Waals surface area contributed by atoms with Gasteiger partial charge in [-0.1, -0.05) is 76.9 Å². The third-order valence-corrected chi connectivity index (χ3v) is 24.3. The van der Waals surface area contributed by atoms with Crippen molar-refractivity contribution in [3.63, 3.8) is 0 Å². The number of aliphatic hydroxyl groups is 5. The Morgan fingerprint density at radius 3 is 1.12 bits per heavy atom. The van der Waals surface area contributed by atoms with Gasteiger partial charge in [0, 0.05) is 139 Å². The molecule has 24 nitrogen and oxygen atoms in total. The second-order valence-electron chi connectivity index (χ2n) is 31.4. The topological polar surface area (TPSA) is 309 Å². The molecule has 10 aliphatic rings. The summed E-state index contributed by atoms with van der Waals surface area (Å²) in [4.78, 5) is 105. The molecule has 5 atom stereocenters. The van der Waals surface area contributed by atoms with E-state index in [1.165, 1.54) is 12.1 Å². The van der Waals surface area contributed by atoms with Gasteiger partial charge >= 0.3 is 0 Å². The minimum Gasteiger partial charge on any atom is -0.497 e. The van der Waals surface area contributed by atoms with Crippen molar-refractivity contribution in [2.45, 2.75) is 102 Å². The molecule has 27 heteroatoms. The first-order chi connectivity index (χ1) is 57.5. The zero-order valence-electron chi connectivity index (χ0n) is 66.7. The molecular formula is C93H82F2N12O12S. The summed E-state index contributed by atoms with van der Waals surface area (Å²) in [6.07, 6.45) is 3.10. The van der Waals surface area contributed by atoms with Gasteiger partial charge in [-0.15, -0.1) is 11.3 Å². The lowest BCUT2D eigenvalue weighted by atomic mass is 9.87. The van der Waals surface area contributed by atoms with Gasteiger partial charge in [0.25, 0.3) is 0 Å². The number of aryl methyl sites for hydroxylation is 6. The number of aromatic nitrogens is 2. The molecule has 120 heavy (non-hydrogen) atoms. The second-order valence-corrected chi connectivity index (χ2v) is 32.3. The molecule has 5 N–H and O–H groups in total. The molecule has 12 heterocycles. The van der Waals surface area contributed by atoms with Gasteiger partial charge < -0.3 is 59.5 Å². The van der Waals surface area contributed by atoms with Crippen LogP contribution in [0.25, 0.3) is 10.2 Å². The Kier molecular flexibility index (Phi) is 20.1. The first-order valence-corrected chi connectivity index (χ1v) is 40.1. The first-order valence-electron chi connectivity index (χ1n) is 39.2. The summed E-state index contributed by atoms with van der Waals surface area (Å²) < 4.78 is 39.2. The number of Topliss-reactive ketones (excluding diaryl/α,β-unsaturated/α-hetero) is 5. The Labute approximate surface area is 692 Å². The van der Waals surface area contributed by atoms with Gasteiger partial charge in [0.1, 0.15) is 46.6 Å². The number of fused-ring (bicyclic) bond motifs is 11. The van der Waals surface area contributed by atoms with Crippen LogP contribution in [0.3, 0.4) is 0 Å². The van der Waals surface area contributed by atoms with Crippen LogP contribution < -0.4 is 34.0 Å². The van der Waals surface area contributed by atoms with E-state index in [1.807, 2.05) is 197 Å². The first kappa shape index (κ1) is 79.4. The van der Waals surface area contributed by atoms with Crippen LogP contribution in [0.2, 0.25) is 0 Å². The van der Waals surface area contributed by atoms with Crippen molar-refractivity contribution in [3.05, 3.63) is 273 Å². The quantitative estimate of drug-likeness (QED) is 0.0990. The molecule has 0 saturated carbocycles. The molecule has 11 aromatic rings. The SMILES string of the molecule is COc1cc(N2CC[C@@]3(O)C(=O)c4cc(C)ccc4N=C23)ccn1.COc1cccc(N2CC[C@@]3(O)C(=O)c4cc(C)ccc4N=C23)c1.Cc1cc2c(cc1F)C(=O)[C@]1(O)CCN(c3ccccc3)C1=N2.Cc1ccc(N2CC[C@@]3(O)C(=O)c4cc(F)c(C)cc4N=C23)cc1.Cc1ccc2c(c1)C(=O)[C@]1(O)CCN(c3ccc4scnc4c3)C1=N2. The van der Waals surface area contributed by atoms with E-state index in [0.29, 0.717) is 143 Å². The molecule has 10 aliphatic heterocycles. The Bertz CT molecular complexity index is 6170. The van der Waals surface area contributed by atoms with Crippen LogP contribution in [-0.4, -0.2) is 169 Å². The lowest BCUT2D eigenvalue weighted by molar-refractivity contribution is 0.0599. The number of hydrogen-bond donors (Lipinski definition) is 5. The van der Waals surface area contributed by atoms with Crippen LogP contribution in [0.15, 0.2) is 225 Å². The van der Waals surface area contributed by atoms with Crippen molar-refractivity contribution >= 4 is 137 Å². The lowest BCUT2D eigenvalue weighted by Crippen LogP contribution is -2.48. The maximum atomic E-state index is 13.8. The van der Waals surface area contributed by atoms with Crippen molar-refractivity contribution in [3.8, 4) is 11.6 Å². The maximum Gasteiger partial charge on any atom is 0.214 e. The summed E-state index contributed by atoms with van der Waals surface area (Å²) in [6.45, 7) is 13.6. The smallest absolute Gasteiger partial charge is 0.214 e. The van der Waals surface area contributed by atoms with Gasteiger partial charge in [-0.05, 0) is 174 Å². The standard InChI is InChI=1S/C19H17FN2O2.C19H15N3O2S.C19H18N2O3.C18H15FN2O2.C18H17N3O3/c1-11-3-5-13(6-4-11)22-8-7-19(24)17(23)14-10-15(20)12(2)9-16(14)21-18(19)22;1-11-2-4-14-13(8-11)17(23)19(24)6-7-22(18(19)21-14)12-3-5-16-15(9-12)20-10-25-16;1-12-6-7-16-15(10-12)17(22)19(23)8-9-21(18(19)20-16)13-4-3-5-14(11-13)24-2;1-11-9-15-13(10-14(11)19)16(22)18(23)7-8-21(17(18)20-15)12-5-3-2-4-6-12;1-11-3-4-14-13(9-11)16(22)18(23)6-8-21(17(18)20-14)12-5-7-19-15(10-12)24-2/h3-6,9-10,24H,7-8H2,1-2H3;2-5,8-10,24H,6-7H2,1H3;3-7,10-11,23H,8-9H2,1-2H3;2-6,9-10,23H,7-8H2,1H3;3-5,7,9-10,23H,6,8H2,1-2H3/t3*19-;2*18-/m11111/s1. The number of hydrogen-bond acceptors (Lipinski definition) is 25. The molecule has 0 radical (unpaired) electrons. The number of methoxy groups -OCH3 is 2. The number of benzene rings is 9. The van der Waals surface area contributed by atoms with Crippen LogP contribution in [0.4, 0.5) is 65.7 Å². The predicted molar refractivity (Wildman–Crippen MR) is 459 cm³/mol. The number of nitrogens with zero attached hydrogens (tertiary/aromatic N) is 12. The summed E-state index contributed by atoms with van der Waals surface area (Å²) in [7, 11) is 3.16. The number of halogens is 2. The number of amidine groups is 5. The monoisotopic (exact) mass is 1630 g/mol. The number of carbonyl (C=O) groups excluding carboxylic acids is 5. The normalized spacial score (nSPS) is 22.2. The van der Waals surface area contributed by atoms with Crippen LogP contribution in [0.5, 0.6) is 11.6 Å². The highest BCUT2D eigenvalue weighted by molar-refractivity contribution is 7.16. The Morgan fingerprint density at radius 1 is 0.350 bits per heavy atom. The second kappa shape index (κ2) is 30.4. The number of para-hydroxylation sites is 1. The molecule has 5 fully saturated rings. The van der Waals surface area contributed by atoms with E-state index in [4.69, 9.17) is 9.47 Å². The fourth-order valence-electron chi connectivity index (χ4n) is 16.8.